The van der Waals surface area contributed by atoms with Crippen molar-refractivity contribution in [3.05, 3.63) is 35.4 Å². The van der Waals surface area contributed by atoms with E-state index in [1.165, 1.54) is 32.1 Å². The van der Waals surface area contributed by atoms with Gasteiger partial charge in [-0.1, -0.05) is 50.3 Å². The average molecular weight is 261 g/mol. The van der Waals surface area contributed by atoms with Crippen molar-refractivity contribution in [2.24, 2.45) is 11.7 Å². The molecule has 0 saturated heterocycles. The summed E-state index contributed by atoms with van der Waals surface area (Å²) in [5, 5.41) is 10.6. The van der Waals surface area contributed by atoms with E-state index in [0.29, 0.717) is 11.1 Å². The molecule has 0 radical (unpaired) electrons. The Labute approximate surface area is 114 Å². The molecule has 1 atom stereocenters. The Morgan fingerprint density at radius 2 is 1.68 bits per heavy atom. The predicted octanol–water partition coefficient (Wildman–Crippen LogP) is 3.18. The molecule has 19 heavy (non-hydrogen) atoms. The molecular formula is C16H23NO2. The first kappa shape index (κ1) is 14.1. The summed E-state index contributed by atoms with van der Waals surface area (Å²) in [5.41, 5.74) is 6.54. The first-order valence-corrected chi connectivity index (χ1v) is 7.27. The Bertz CT molecular complexity index is 423. The second-order valence-electron chi connectivity index (χ2n) is 5.50. The summed E-state index contributed by atoms with van der Waals surface area (Å²) < 4.78 is 0. The molecular weight excluding hydrogens is 238 g/mol. The highest BCUT2D eigenvalue weighted by Gasteiger charge is 2.24. The molecule has 1 fully saturated rings. The molecule has 1 aliphatic rings. The molecule has 1 aromatic rings. The first-order chi connectivity index (χ1) is 9.20. The second-order valence-corrected chi connectivity index (χ2v) is 5.50. The number of hydrogen-bond donors (Lipinski definition) is 2. The number of rotatable bonds is 3. The van der Waals surface area contributed by atoms with E-state index in [-0.39, 0.29) is 5.92 Å². The van der Waals surface area contributed by atoms with Crippen LogP contribution in [0.25, 0.3) is 0 Å². The maximum Gasteiger partial charge on any atom is 0.249 e. The van der Waals surface area contributed by atoms with Crippen molar-refractivity contribution in [2.75, 3.05) is 0 Å². The number of carbonyl (C=O) groups excluding carboxylic acids is 1. The van der Waals surface area contributed by atoms with Crippen LogP contribution in [0.3, 0.4) is 0 Å². The topological polar surface area (TPSA) is 63.3 Å². The number of hydrogen-bond acceptors (Lipinski definition) is 2. The molecule has 1 saturated carbocycles. The second kappa shape index (κ2) is 6.71. The molecule has 0 heterocycles. The highest BCUT2D eigenvalue weighted by atomic mass is 16.3. The summed E-state index contributed by atoms with van der Waals surface area (Å²) >= 11 is 0. The van der Waals surface area contributed by atoms with Crippen LogP contribution >= 0.6 is 0 Å². The zero-order chi connectivity index (χ0) is 13.7. The predicted molar refractivity (Wildman–Crippen MR) is 75.7 cm³/mol. The van der Waals surface area contributed by atoms with Gasteiger partial charge in [-0.05, 0) is 30.4 Å². The lowest BCUT2D eigenvalue weighted by Gasteiger charge is -2.26. The van der Waals surface area contributed by atoms with Crippen molar-refractivity contribution < 1.29 is 9.90 Å². The van der Waals surface area contributed by atoms with Crippen LogP contribution in [-0.2, 0) is 0 Å². The summed E-state index contributed by atoms with van der Waals surface area (Å²) in [6.45, 7) is 0. The van der Waals surface area contributed by atoms with E-state index in [4.69, 9.17) is 5.73 Å². The van der Waals surface area contributed by atoms with Crippen LogP contribution in [0.2, 0.25) is 0 Å². The summed E-state index contributed by atoms with van der Waals surface area (Å²) in [4.78, 5) is 11.4. The van der Waals surface area contributed by atoms with E-state index in [2.05, 4.69) is 0 Å². The third kappa shape index (κ3) is 3.57. The average Bonchev–Trinajstić information content (AvgIpc) is 2.37. The lowest BCUT2D eigenvalue weighted by atomic mass is 9.83. The van der Waals surface area contributed by atoms with E-state index in [0.717, 1.165) is 12.8 Å². The van der Waals surface area contributed by atoms with Gasteiger partial charge in [0.2, 0.25) is 5.91 Å². The highest BCUT2D eigenvalue weighted by molar-refractivity contribution is 5.94. The van der Waals surface area contributed by atoms with E-state index >= 15 is 0 Å². The molecule has 3 N–H and O–H groups in total. The molecule has 1 aromatic carbocycles. The third-order valence-electron chi connectivity index (χ3n) is 4.14. The smallest absolute Gasteiger partial charge is 0.249 e. The molecule has 3 nitrogen and oxygen atoms in total. The van der Waals surface area contributed by atoms with E-state index < -0.39 is 12.0 Å². The summed E-state index contributed by atoms with van der Waals surface area (Å²) in [5.74, 6) is -0.207. The minimum Gasteiger partial charge on any atom is -0.388 e. The quantitative estimate of drug-likeness (QED) is 0.877. The molecule has 0 bridgehead atoms. The van der Waals surface area contributed by atoms with Crippen LogP contribution in [0.15, 0.2) is 24.3 Å². The van der Waals surface area contributed by atoms with Crippen molar-refractivity contribution in [1.82, 2.24) is 0 Å². The number of primary amides is 1. The van der Waals surface area contributed by atoms with Gasteiger partial charge in [0.05, 0.1) is 6.10 Å². The lowest BCUT2D eigenvalue weighted by molar-refractivity contribution is 0.0870. The normalized spacial score (nSPS) is 19.4. The molecule has 0 spiro atoms. The molecule has 2 rings (SSSR count). The number of nitrogens with two attached hydrogens (primary N) is 1. The Morgan fingerprint density at radius 3 is 2.32 bits per heavy atom. The number of amides is 1. The van der Waals surface area contributed by atoms with Crippen LogP contribution in [0.4, 0.5) is 0 Å². The SMILES string of the molecule is NC(=O)c1ccccc1C(O)C1CCCCCCC1. The van der Waals surface area contributed by atoms with Crippen molar-refractivity contribution in [3.8, 4) is 0 Å². The number of aliphatic hydroxyl groups excluding tert-OH is 1. The number of benzene rings is 1. The monoisotopic (exact) mass is 261 g/mol. The Balaban J connectivity index is 2.17. The zero-order valence-corrected chi connectivity index (χ0v) is 11.3. The fourth-order valence-electron chi connectivity index (χ4n) is 3.04. The molecule has 3 heteroatoms. The van der Waals surface area contributed by atoms with Gasteiger partial charge >= 0.3 is 0 Å². The molecule has 1 aliphatic carbocycles. The van der Waals surface area contributed by atoms with E-state index in [1.807, 2.05) is 12.1 Å². The van der Waals surface area contributed by atoms with Crippen molar-refractivity contribution in [3.63, 3.8) is 0 Å². The Kier molecular flexibility index (Phi) is 4.97. The highest BCUT2D eigenvalue weighted by Crippen LogP contribution is 2.34. The third-order valence-corrected chi connectivity index (χ3v) is 4.14. The summed E-state index contributed by atoms with van der Waals surface area (Å²) in [6.07, 6.45) is 7.65. The van der Waals surface area contributed by atoms with Gasteiger partial charge in [0.1, 0.15) is 0 Å². The fourth-order valence-corrected chi connectivity index (χ4v) is 3.04. The van der Waals surface area contributed by atoms with E-state index in [9.17, 15) is 9.90 Å². The Hall–Kier alpha value is -1.35. The number of carbonyl (C=O) groups is 1. The minimum absolute atomic E-state index is 0.251. The van der Waals surface area contributed by atoms with Gasteiger partial charge in [-0.25, -0.2) is 0 Å². The summed E-state index contributed by atoms with van der Waals surface area (Å²) in [6, 6.07) is 7.16. The van der Waals surface area contributed by atoms with Crippen molar-refractivity contribution in [2.45, 2.75) is 51.0 Å². The van der Waals surface area contributed by atoms with Crippen LogP contribution < -0.4 is 5.73 Å². The molecule has 0 aliphatic heterocycles. The van der Waals surface area contributed by atoms with Gasteiger partial charge in [-0.15, -0.1) is 0 Å². The van der Waals surface area contributed by atoms with Gasteiger partial charge in [-0.2, -0.15) is 0 Å². The Morgan fingerprint density at radius 1 is 1.11 bits per heavy atom. The molecule has 0 aromatic heterocycles. The zero-order valence-electron chi connectivity index (χ0n) is 11.3. The maximum atomic E-state index is 11.4. The van der Waals surface area contributed by atoms with Crippen LogP contribution in [0.1, 0.15) is 67.0 Å². The number of aliphatic hydroxyl groups is 1. The largest absolute Gasteiger partial charge is 0.388 e. The van der Waals surface area contributed by atoms with Crippen LogP contribution in [0.5, 0.6) is 0 Å². The molecule has 104 valence electrons. The van der Waals surface area contributed by atoms with E-state index in [1.54, 1.807) is 12.1 Å². The van der Waals surface area contributed by atoms with Gasteiger partial charge < -0.3 is 10.8 Å². The first-order valence-electron chi connectivity index (χ1n) is 7.27. The van der Waals surface area contributed by atoms with Crippen LogP contribution in [0, 0.1) is 5.92 Å². The summed E-state index contributed by atoms with van der Waals surface area (Å²) in [7, 11) is 0. The van der Waals surface area contributed by atoms with Crippen LogP contribution in [-0.4, -0.2) is 11.0 Å². The van der Waals surface area contributed by atoms with Gasteiger partial charge in [-0.3, -0.25) is 4.79 Å². The van der Waals surface area contributed by atoms with Crippen molar-refractivity contribution >= 4 is 5.91 Å². The van der Waals surface area contributed by atoms with Gasteiger partial charge in [0.25, 0.3) is 0 Å². The molecule has 1 unspecified atom stereocenters. The molecule has 1 amide bonds. The maximum absolute atomic E-state index is 11.4. The lowest BCUT2D eigenvalue weighted by Crippen LogP contribution is -2.20. The van der Waals surface area contributed by atoms with Gasteiger partial charge in [0, 0.05) is 5.56 Å². The fraction of sp³-hybridized carbons (Fsp3) is 0.562. The standard InChI is InChI=1S/C16H23NO2/c17-16(19)14-11-7-6-10-13(14)15(18)12-8-4-2-1-3-5-9-12/h6-7,10-12,15,18H,1-5,8-9H2,(H2,17,19). The van der Waals surface area contributed by atoms with Crippen molar-refractivity contribution in [1.29, 1.82) is 0 Å². The minimum atomic E-state index is -0.568. The van der Waals surface area contributed by atoms with Gasteiger partial charge in [0.15, 0.2) is 0 Å².